The van der Waals surface area contributed by atoms with Gasteiger partial charge in [-0.25, -0.2) is 0 Å². The Morgan fingerprint density at radius 2 is 2.17 bits per heavy atom. The van der Waals surface area contributed by atoms with Crippen molar-refractivity contribution in [2.24, 2.45) is 5.73 Å². The van der Waals surface area contributed by atoms with Crippen molar-refractivity contribution in [2.45, 2.75) is 4.90 Å². The van der Waals surface area contributed by atoms with Gasteiger partial charge in [0.1, 0.15) is 0 Å². The maximum absolute atomic E-state index is 5.38. The van der Waals surface area contributed by atoms with Gasteiger partial charge in [0, 0.05) is 21.7 Å². The van der Waals surface area contributed by atoms with Crippen LogP contribution in [0.3, 0.4) is 0 Å². The summed E-state index contributed by atoms with van der Waals surface area (Å²) in [6.07, 6.45) is 0. The highest BCUT2D eigenvalue weighted by Gasteiger charge is 1.92. The van der Waals surface area contributed by atoms with Gasteiger partial charge >= 0.3 is 0 Å². The molecule has 0 saturated carbocycles. The molecule has 1 aromatic rings. The largest absolute Gasteiger partial charge is 0.330 e. The number of hydrogen-bond donors (Lipinski definition) is 1. The van der Waals surface area contributed by atoms with E-state index in [4.69, 9.17) is 5.73 Å². The first-order valence-corrected chi connectivity index (χ1v) is 5.19. The van der Waals surface area contributed by atoms with Crippen LogP contribution in [-0.2, 0) is 0 Å². The Bertz CT molecular complexity index is 232. The number of halogens is 2. The molecule has 0 aliphatic rings. The first-order chi connectivity index (χ1) is 5.33. The van der Waals surface area contributed by atoms with Gasteiger partial charge in [-0.3, -0.25) is 0 Å². The maximum atomic E-state index is 5.38. The normalized spacial score (nSPS) is 9.17. The van der Waals surface area contributed by atoms with E-state index in [0.717, 1.165) is 16.8 Å². The van der Waals surface area contributed by atoms with E-state index in [0.29, 0.717) is 0 Å². The smallest absolute Gasteiger partial charge is 0.0186 e. The van der Waals surface area contributed by atoms with E-state index in [-0.39, 0.29) is 12.4 Å². The maximum Gasteiger partial charge on any atom is 0.0186 e. The molecule has 0 fully saturated rings. The topological polar surface area (TPSA) is 26.0 Å². The molecule has 0 unspecified atom stereocenters. The molecule has 0 bridgehead atoms. The molecule has 1 nitrogen and oxygen atoms in total. The van der Waals surface area contributed by atoms with E-state index in [1.807, 2.05) is 12.1 Å². The molecule has 1 aromatic carbocycles. The summed E-state index contributed by atoms with van der Waals surface area (Å²) in [5.74, 6) is 0.983. The third-order valence-electron chi connectivity index (χ3n) is 1.18. The number of nitrogens with two attached hydrogens (primary N) is 1. The highest BCUT2D eigenvalue weighted by Crippen LogP contribution is 2.20. The van der Waals surface area contributed by atoms with Crippen molar-refractivity contribution >= 4 is 40.1 Å². The third-order valence-corrected chi connectivity index (χ3v) is 2.70. The van der Waals surface area contributed by atoms with Crippen LogP contribution in [0.1, 0.15) is 0 Å². The summed E-state index contributed by atoms with van der Waals surface area (Å²) in [7, 11) is 0. The van der Waals surface area contributed by atoms with Crippen LogP contribution in [0.4, 0.5) is 0 Å². The summed E-state index contributed by atoms with van der Waals surface area (Å²) in [6, 6.07) is 8.24. The fourth-order valence-corrected chi connectivity index (χ4v) is 2.02. The van der Waals surface area contributed by atoms with E-state index in [1.165, 1.54) is 4.90 Å². The predicted octanol–water partition coefficient (Wildman–Crippen LogP) is 2.92. The lowest BCUT2D eigenvalue weighted by Crippen LogP contribution is -2.00. The van der Waals surface area contributed by atoms with Crippen LogP contribution in [0.5, 0.6) is 0 Å². The van der Waals surface area contributed by atoms with Crippen LogP contribution in [0, 0.1) is 0 Å². The molecule has 0 heterocycles. The quantitative estimate of drug-likeness (QED) is 0.853. The lowest BCUT2D eigenvalue weighted by Gasteiger charge is -1.98. The SMILES string of the molecule is Cl.NCCSc1cccc(Br)c1. The van der Waals surface area contributed by atoms with Gasteiger partial charge in [-0.2, -0.15) is 0 Å². The van der Waals surface area contributed by atoms with Crippen molar-refractivity contribution in [1.82, 2.24) is 0 Å². The highest BCUT2D eigenvalue weighted by atomic mass is 79.9. The molecule has 0 aromatic heterocycles. The lowest BCUT2D eigenvalue weighted by molar-refractivity contribution is 1.15. The zero-order valence-electron chi connectivity index (χ0n) is 6.50. The minimum atomic E-state index is 0. The molecular formula is C8H11BrClNS. The lowest BCUT2D eigenvalue weighted by atomic mass is 10.4. The molecular weight excluding hydrogens is 258 g/mol. The monoisotopic (exact) mass is 267 g/mol. The summed E-state index contributed by atoms with van der Waals surface area (Å²) in [5, 5.41) is 0. The second-order valence-electron chi connectivity index (χ2n) is 2.09. The number of benzene rings is 1. The Kier molecular flexibility index (Phi) is 6.95. The molecule has 0 radical (unpaired) electrons. The summed E-state index contributed by atoms with van der Waals surface area (Å²) in [4.78, 5) is 1.27. The molecule has 0 aliphatic heterocycles. The Balaban J connectivity index is 0.00000121. The first kappa shape index (κ1) is 12.3. The van der Waals surface area contributed by atoms with Crippen LogP contribution < -0.4 is 5.73 Å². The van der Waals surface area contributed by atoms with Crippen molar-refractivity contribution in [2.75, 3.05) is 12.3 Å². The molecule has 0 atom stereocenters. The first-order valence-electron chi connectivity index (χ1n) is 3.41. The predicted molar refractivity (Wildman–Crippen MR) is 61.2 cm³/mol. The van der Waals surface area contributed by atoms with Gasteiger partial charge in [0.15, 0.2) is 0 Å². The minimum absolute atomic E-state index is 0. The van der Waals surface area contributed by atoms with Gasteiger partial charge in [0.05, 0.1) is 0 Å². The van der Waals surface area contributed by atoms with Gasteiger partial charge in [-0.1, -0.05) is 22.0 Å². The van der Waals surface area contributed by atoms with Gasteiger partial charge < -0.3 is 5.73 Å². The highest BCUT2D eigenvalue weighted by molar-refractivity contribution is 9.10. The van der Waals surface area contributed by atoms with Gasteiger partial charge in [-0.05, 0) is 18.2 Å². The standard InChI is InChI=1S/C8H10BrNS.ClH/c9-7-2-1-3-8(6-7)11-5-4-10;/h1-3,6H,4-5,10H2;1H. The Morgan fingerprint density at radius 3 is 2.75 bits per heavy atom. The van der Waals surface area contributed by atoms with Crippen molar-refractivity contribution in [3.63, 3.8) is 0 Å². The van der Waals surface area contributed by atoms with Gasteiger partial charge in [0.2, 0.25) is 0 Å². The van der Waals surface area contributed by atoms with Crippen LogP contribution >= 0.6 is 40.1 Å². The summed E-state index contributed by atoms with van der Waals surface area (Å²) >= 11 is 5.19. The van der Waals surface area contributed by atoms with E-state index in [9.17, 15) is 0 Å². The van der Waals surface area contributed by atoms with Crippen molar-refractivity contribution < 1.29 is 0 Å². The van der Waals surface area contributed by atoms with Gasteiger partial charge in [0.25, 0.3) is 0 Å². The fraction of sp³-hybridized carbons (Fsp3) is 0.250. The number of hydrogen-bond acceptors (Lipinski definition) is 2. The summed E-state index contributed by atoms with van der Waals surface area (Å²) in [5.41, 5.74) is 5.38. The molecule has 0 amide bonds. The molecule has 68 valence electrons. The van der Waals surface area contributed by atoms with Crippen molar-refractivity contribution in [3.8, 4) is 0 Å². The second kappa shape index (κ2) is 6.78. The fourth-order valence-electron chi connectivity index (χ4n) is 0.734. The Morgan fingerprint density at radius 1 is 1.42 bits per heavy atom. The summed E-state index contributed by atoms with van der Waals surface area (Å²) < 4.78 is 1.12. The van der Waals surface area contributed by atoms with E-state index >= 15 is 0 Å². The molecule has 0 aliphatic carbocycles. The molecule has 0 saturated heterocycles. The average Bonchev–Trinajstić information content (AvgIpc) is 2.01. The van der Waals surface area contributed by atoms with Crippen molar-refractivity contribution in [1.29, 1.82) is 0 Å². The van der Waals surface area contributed by atoms with E-state index in [1.54, 1.807) is 11.8 Å². The molecule has 0 spiro atoms. The minimum Gasteiger partial charge on any atom is -0.330 e. The van der Waals surface area contributed by atoms with Crippen LogP contribution in [0.2, 0.25) is 0 Å². The molecule has 12 heavy (non-hydrogen) atoms. The molecule has 4 heteroatoms. The Hall–Kier alpha value is 0.300. The molecule has 1 rings (SSSR count). The number of thioether (sulfide) groups is 1. The van der Waals surface area contributed by atoms with Crippen LogP contribution in [0.25, 0.3) is 0 Å². The molecule has 2 N–H and O–H groups in total. The van der Waals surface area contributed by atoms with Crippen LogP contribution in [0.15, 0.2) is 33.6 Å². The summed E-state index contributed by atoms with van der Waals surface area (Å²) in [6.45, 7) is 0.733. The zero-order valence-corrected chi connectivity index (χ0v) is 9.71. The average molecular weight is 269 g/mol. The van der Waals surface area contributed by atoms with Crippen LogP contribution in [-0.4, -0.2) is 12.3 Å². The van der Waals surface area contributed by atoms with E-state index < -0.39 is 0 Å². The van der Waals surface area contributed by atoms with Crippen molar-refractivity contribution in [3.05, 3.63) is 28.7 Å². The second-order valence-corrected chi connectivity index (χ2v) is 4.18. The number of rotatable bonds is 3. The third kappa shape index (κ3) is 4.36. The van der Waals surface area contributed by atoms with E-state index in [2.05, 4.69) is 28.1 Å². The van der Waals surface area contributed by atoms with Gasteiger partial charge in [-0.15, -0.1) is 24.2 Å². The zero-order chi connectivity index (χ0) is 8.10. The Labute approximate surface area is 91.6 Å².